The van der Waals surface area contributed by atoms with Gasteiger partial charge in [-0.05, 0) is 30.7 Å². The van der Waals surface area contributed by atoms with Crippen molar-refractivity contribution in [3.8, 4) is 0 Å². The second kappa shape index (κ2) is 12.8. The average Bonchev–Trinajstić information content (AvgIpc) is 2.75. The minimum absolute atomic E-state index is 0. The number of nitrogens with two attached hydrogens (primary N) is 1. The molecule has 0 aliphatic heterocycles. The third kappa shape index (κ3) is 7.66. The van der Waals surface area contributed by atoms with Gasteiger partial charge in [0.25, 0.3) is 11.5 Å². The number of benzene rings is 1. The molecule has 13 nitrogen and oxygen atoms in total. The zero-order valence-electron chi connectivity index (χ0n) is 18.9. The van der Waals surface area contributed by atoms with Crippen LogP contribution in [0.4, 0.5) is 11.6 Å². The molecule has 7 N–H and O–H groups in total. The maximum atomic E-state index is 12.3. The topological polar surface area (TPSA) is 213 Å². The molecule has 0 aliphatic rings. The first-order valence-electron chi connectivity index (χ1n) is 9.33. The van der Waals surface area contributed by atoms with Crippen molar-refractivity contribution in [2.24, 2.45) is 0 Å². The Labute approximate surface area is 221 Å². The van der Waals surface area contributed by atoms with Gasteiger partial charge in [0.2, 0.25) is 5.95 Å². The number of halogens is 1. The summed E-state index contributed by atoms with van der Waals surface area (Å²) in [6.07, 6.45) is 0.840. The van der Waals surface area contributed by atoms with E-state index >= 15 is 0 Å². The van der Waals surface area contributed by atoms with Gasteiger partial charge in [0.15, 0.2) is 11.2 Å². The first kappa shape index (κ1) is 28.8. The van der Waals surface area contributed by atoms with Crippen LogP contribution in [-0.4, -0.2) is 54.0 Å². The number of hydrogen-bond donors (Lipinski definition) is 6. The number of carbonyl (C=O) groups is 3. The first-order chi connectivity index (χ1) is 15.2. The quantitative estimate of drug-likeness (QED) is 0.168. The number of nitrogens with one attached hydrogen (secondary N) is 3. The molecule has 1 amide bonds. The van der Waals surface area contributed by atoms with Gasteiger partial charge in [0, 0.05) is 17.7 Å². The van der Waals surface area contributed by atoms with Gasteiger partial charge in [-0.15, -0.1) is 12.4 Å². The molecule has 0 bridgehead atoms. The first-order valence-corrected chi connectivity index (χ1v) is 9.33. The molecule has 1 atom stereocenters. The maximum Gasteiger partial charge on any atom is 1.00 e. The van der Waals surface area contributed by atoms with Crippen LogP contribution in [0.15, 0.2) is 35.3 Å². The number of nitrogen functional groups attached to an aromatic ring is 1. The molecule has 0 radical (unpaired) electrons. The van der Waals surface area contributed by atoms with Crippen molar-refractivity contribution in [2.45, 2.75) is 25.4 Å². The summed E-state index contributed by atoms with van der Waals surface area (Å²) in [5, 5.41) is 23.2. The third-order valence-corrected chi connectivity index (χ3v) is 4.36. The fourth-order valence-electron chi connectivity index (χ4n) is 2.75. The van der Waals surface area contributed by atoms with Crippen molar-refractivity contribution in [1.82, 2.24) is 25.3 Å². The molecule has 15 heteroatoms. The summed E-state index contributed by atoms with van der Waals surface area (Å²) in [6, 6.07) is 4.86. The zero-order chi connectivity index (χ0) is 23.3. The maximum absolute atomic E-state index is 12.3. The largest absolute Gasteiger partial charge is 1.00 e. The number of amides is 1. The minimum Gasteiger partial charge on any atom is -1.00 e. The van der Waals surface area contributed by atoms with Crippen molar-refractivity contribution in [3.63, 3.8) is 0 Å². The summed E-state index contributed by atoms with van der Waals surface area (Å²) in [6.45, 7) is 0.231. The number of aromatic amines is 1. The molecule has 0 spiro atoms. The number of carboxylic acid groups (broad SMARTS) is 2. The van der Waals surface area contributed by atoms with E-state index < -0.39 is 29.4 Å². The second-order valence-corrected chi connectivity index (χ2v) is 6.71. The van der Waals surface area contributed by atoms with Gasteiger partial charge >= 0.3 is 41.5 Å². The van der Waals surface area contributed by atoms with Crippen molar-refractivity contribution in [2.75, 3.05) is 11.1 Å². The Morgan fingerprint density at radius 3 is 2.44 bits per heavy atom. The van der Waals surface area contributed by atoms with E-state index in [2.05, 4.69) is 30.6 Å². The van der Waals surface area contributed by atoms with Crippen LogP contribution in [0.2, 0.25) is 0 Å². The van der Waals surface area contributed by atoms with Gasteiger partial charge < -0.3 is 28.0 Å². The molecule has 0 aliphatic carbocycles. The third-order valence-electron chi connectivity index (χ3n) is 4.36. The van der Waals surface area contributed by atoms with Crippen molar-refractivity contribution in [1.29, 1.82) is 0 Å². The molecular formula is C19H21ClN7NaO6. The number of anilines is 2. The predicted octanol–water partition coefficient (Wildman–Crippen LogP) is -2.51. The molecule has 3 aromatic rings. The predicted molar refractivity (Wildman–Crippen MR) is 120 cm³/mol. The normalized spacial score (nSPS) is 10.9. The van der Waals surface area contributed by atoms with Crippen LogP contribution in [0, 0.1) is 0 Å². The monoisotopic (exact) mass is 501 g/mol. The molecule has 3 rings (SSSR count). The summed E-state index contributed by atoms with van der Waals surface area (Å²) >= 11 is 0. The fraction of sp³-hybridized carbons (Fsp3) is 0.211. The molecule has 34 heavy (non-hydrogen) atoms. The molecule has 0 saturated heterocycles. The Morgan fingerprint density at radius 1 is 1.15 bits per heavy atom. The van der Waals surface area contributed by atoms with Crippen LogP contribution in [0.1, 0.15) is 30.3 Å². The van der Waals surface area contributed by atoms with Gasteiger partial charge in [-0.25, -0.2) is 14.8 Å². The molecule has 176 valence electrons. The van der Waals surface area contributed by atoms with Gasteiger partial charge in [0.05, 0.1) is 18.4 Å². The van der Waals surface area contributed by atoms with E-state index in [9.17, 15) is 19.2 Å². The van der Waals surface area contributed by atoms with Crippen LogP contribution >= 0.6 is 12.4 Å². The van der Waals surface area contributed by atoms with E-state index in [-0.39, 0.29) is 85.5 Å². The Morgan fingerprint density at radius 2 is 1.82 bits per heavy atom. The van der Waals surface area contributed by atoms with Gasteiger partial charge in [0.1, 0.15) is 6.04 Å². The molecule has 1 aromatic carbocycles. The molecule has 0 fully saturated rings. The van der Waals surface area contributed by atoms with Crippen LogP contribution in [0.5, 0.6) is 0 Å². The van der Waals surface area contributed by atoms with Crippen LogP contribution in [-0.2, 0) is 16.1 Å². The number of H-pyrrole nitrogens is 1. The number of nitrogens with zero attached hydrogens (tertiary/aromatic N) is 3. The standard InChI is InChI=1S/C19H19N7O6.ClH.Na.H/c20-19-25-15-14(17(30)26-19)23-11(8-22-15)7-21-10-3-1-9(2-4-10)16(29)24-12(18(31)32)5-6-13(27)28;;;/h1-4,8,12,21H,5-7H2,(H,24,29)(H,27,28)(H,31,32)(H3,20,22,25,26,30);1H;;/q;;+1;-1/t12-;;;/m0.../s1. The molecule has 0 unspecified atom stereocenters. The molecule has 2 aromatic heterocycles. The van der Waals surface area contributed by atoms with Crippen LogP contribution in [0.25, 0.3) is 11.2 Å². The number of rotatable bonds is 9. The van der Waals surface area contributed by atoms with Crippen molar-refractivity contribution in [3.05, 3.63) is 52.1 Å². The number of aromatic nitrogens is 4. The van der Waals surface area contributed by atoms with Crippen molar-refractivity contribution < 1.29 is 55.6 Å². The summed E-state index contributed by atoms with van der Waals surface area (Å²) in [7, 11) is 0. The number of carboxylic acids is 2. The summed E-state index contributed by atoms with van der Waals surface area (Å²) in [5.74, 6) is -3.16. The van der Waals surface area contributed by atoms with Gasteiger partial charge in [-0.3, -0.25) is 19.4 Å². The van der Waals surface area contributed by atoms with E-state index in [1.165, 1.54) is 18.3 Å². The van der Waals surface area contributed by atoms with E-state index in [1.807, 2.05) is 0 Å². The van der Waals surface area contributed by atoms with E-state index in [1.54, 1.807) is 12.1 Å². The summed E-state index contributed by atoms with van der Waals surface area (Å²) in [4.78, 5) is 60.6. The molecule has 2 heterocycles. The average molecular weight is 502 g/mol. The Kier molecular flexibility index (Phi) is 10.9. The van der Waals surface area contributed by atoms with E-state index in [4.69, 9.17) is 15.9 Å². The van der Waals surface area contributed by atoms with Crippen molar-refractivity contribution >= 4 is 53.1 Å². The Bertz CT molecular complexity index is 1240. The fourth-order valence-corrected chi connectivity index (χ4v) is 2.75. The van der Waals surface area contributed by atoms with Gasteiger partial charge in [-0.2, -0.15) is 4.98 Å². The number of aliphatic carboxylic acids is 2. The number of carbonyl (C=O) groups excluding carboxylic acids is 1. The van der Waals surface area contributed by atoms with Crippen LogP contribution in [0.3, 0.4) is 0 Å². The molecule has 0 saturated carbocycles. The Hall–Kier alpha value is -3.26. The molecular weight excluding hydrogens is 481 g/mol. The Balaban J connectivity index is 0.00000385. The summed E-state index contributed by atoms with van der Waals surface area (Å²) < 4.78 is 0. The smallest absolute Gasteiger partial charge is 1.00 e. The summed E-state index contributed by atoms with van der Waals surface area (Å²) in [5.41, 5.74) is 6.47. The minimum atomic E-state index is -1.31. The van der Waals surface area contributed by atoms with E-state index in [0.717, 1.165) is 0 Å². The zero-order valence-corrected chi connectivity index (χ0v) is 20.8. The van der Waals surface area contributed by atoms with E-state index in [0.29, 0.717) is 11.4 Å². The van der Waals surface area contributed by atoms with Crippen LogP contribution < -0.4 is 51.5 Å². The number of hydrogen-bond acceptors (Lipinski definition) is 9. The van der Waals surface area contributed by atoms with Gasteiger partial charge in [-0.1, -0.05) is 0 Å². The second-order valence-electron chi connectivity index (χ2n) is 6.71. The number of fused-ring (bicyclic) bond motifs is 1. The SMILES string of the molecule is Cl.Nc1nc2ncc(CNc3ccc(C(=O)N[C@@H](CCC(=O)O)C(=O)O)cc3)nc2c(=O)[nH]1.[H-].[Na+].